The second-order valence-corrected chi connectivity index (χ2v) is 10.8. The Bertz CT molecular complexity index is 1410. The molecule has 1 spiro atoms. The maximum absolute atomic E-state index is 13.9. The third kappa shape index (κ3) is 3.01. The lowest BCUT2D eigenvalue weighted by atomic mass is 9.81. The maximum Gasteiger partial charge on any atom is 0.266 e. The lowest BCUT2D eigenvalue weighted by Gasteiger charge is -2.33. The number of hydrogen-bond acceptors (Lipinski definition) is 4. The van der Waals surface area contributed by atoms with E-state index in [2.05, 4.69) is 5.32 Å². The Hall–Kier alpha value is -2.94. The number of halogens is 1. The number of fused-ring (bicyclic) bond motifs is 2. The van der Waals surface area contributed by atoms with Gasteiger partial charge in [0, 0.05) is 23.3 Å². The number of anilines is 1. The minimum Gasteiger partial charge on any atom is -0.342 e. The Kier molecular flexibility index (Phi) is 5.00. The molecule has 2 aliphatic rings. The smallest absolute Gasteiger partial charge is 0.266 e. The van der Waals surface area contributed by atoms with E-state index in [1.54, 1.807) is 55.6 Å². The van der Waals surface area contributed by atoms with Gasteiger partial charge in [-0.1, -0.05) is 65.7 Å². The SMILES string of the molecule is Cc1ccc(S(=O)(=O)N2C(=S)N[C@]3(C(=O)N(C)c4ccccc43)[C@H]2c2ccccc2Cl)cc1. The van der Waals surface area contributed by atoms with Gasteiger partial charge >= 0.3 is 0 Å². The highest BCUT2D eigenvalue weighted by atomic mass is 35.5. The van der Waals surface area contributed by atoms with Crippen LogP contribution in [0.4, 0.5) is 5.69 Å². The van der Waals surface area contributed by atoms with Crippen LogP contribution in [0.15, 0.2) is 77.7 Å². The summed E-state index contributed by atoms with van der Waals surface area (Å²) in [5, 5.41) is 3.40. The molecule has 2 aliphatic heterocycles. The molecule has 1 amide bonds. The highest BCUT2D eigenvalue weighted by Crippen LogP contribution is 2.54. The molecule has 1 N–H and O–H groups in total. The topological polar surface area (TPSA) is 69.7 Å². The molecule has 0 aliphatic carbocycles. The highest BCUT2D eigenvalue weighted by Gasteiger charge is 2.64. The number of carbonyl (C=O) groups excluding carboxylic acids is 1. The van der Waals surface area contributed by atoms with Gasteiger partial charge < -0.3 is 10.2 Å². The fourth-order valence-electron chi connectivity index (χ4n) is 4.69. The van der Waals surface area contributed by atoms with Crippen LogP contribution in [0.2, 0.25) is 5.02 Å². The van der Waals surface area contributed by atoms with Crippen LogP contribution < -0.4 is 10.2 Å². The van der Waals surface area contributed by atoms with Gasteiger partial charge in [0.1, 0.15) is 6.04 Å². The number of para-hydroxylation sites is 1. The summed E-state index contributed by atoms with van der Waals surface area (Å²) in [6.45, 7) is 1.88. The van der Waals surface area contributed by atoms with Crippen molar-refractivity contribution in [3.8, 4) is 0 Å². The minimum atomic E-state index is -4.13. The van der Waals surface area contributed by atoms with Crippen molar-refractivity contribution in [1.82, 2.24) is 9.62 Å². The summed E-state index contributed by atoms with van der Waals surface area (Å²) >= 11 is 12.2. The lowest BCUT2D eigenvalue weighted by molar-refractivity contribution is -0.124. The second-order valence-electron chi connectivity index (χ2n) is 8.16. The molecule has 0 bridgehead atoms. The van der Waals surface area contributed by atoms with Gasteiger partial charge in [-0.3, -0.25) is 4.79 Å². The summed E-state index contributed by atoms with van der Waals surface area (Å²) in [5.74, 6) is -0.308. The molecule has 5 rings (SSSR count). The molecule has 3 aromatic rings. The average Bonchev–Trinajstić information content (AvgIpc) is 3.22. The second kappa shape index (κ2) is 7.55. The van der Waals surface area contributed by atoms with Crippen molar-refractivity contribution in [3.63, 3.8) is 0 Å². The molecule has 0 unspecified atom stereocenters. The molecule has 3 aromatic carbocycles. The molecule has 2 heterocycles. The van der Waals surface area contributed by atoms with E-state index in [0.29, 0.717) is 21.8 Å². The van der Waals surface area contributed by atoms with Gasteiger partial charge in [-0.05, 0) is 49.0 Å². The molecule has 0 saturated carbocycles. The molecule has 6 nitrogen and oxygen atoms in total. The number of carbonyl (C=O) groups is 1. The summed E-state index contributed by atoms with van der Waals surface area (Å²) in [4.78, 5) is 15.4. The van der Waals surface area contributed by atoms with Crippen LogP contribution in [0.5, 0.6) is 0 Å². The lowest BCUT2D eigenvalue weighted by Crippen LogP contribution is -2.50. The van der Waals surface area contributed by atoms with Crippen molar-refractivity contribution >= 4 is 50.5 Å². The normalized spacial score (nSPS) is 22.1. The first kappa shape index (κ1) is 21.9. The Morgan fingerprint density at radius 1 is 1.00 bits per heavy atom. The Morgan fingerprint density at radius 2 is 1.64 bits per heavy atom. The Labute approximate surface area is 202 Å². The quantitative estimate of drug-likeness (QED) is 0.551. The van der Waals surface area contributed by atoms with Crippen molar-refractivity contribution in [2.45, 2.75) is 23.4 Å². The number of thiocarbonyl (C=S) groups is 1. The first-order valence-corrected chi connectivity index (χ1v) is 12.5. The molecule has 1 saturated heterocycles. The van der Waals surface area contributed by atoms with Crippen LogP contribution >= 0.6 is 23.8 Å². The van der Waals surface area contributed by atoms with E-state index in [4.69, 9.17) is 23.8 Å². The van der Waals surface area contributed by atoms with Gasteiger partial charge in [-0.2, -0.15) is 0 Å². The third-order valence-corrected chi connectivity index (χ3v) is 8.80. The van der Waals surface area contributed by atoms with Crippen molar-refractivity contribution in [3.05, 3.63) is 94.5 Å². The number of nitrogens with zero attached hydrogens (tertiary/aromatic N) is 2. The number of aryl methyl sites for hydroxylation is 1. The van der Waals surface area contributed by atoms with E-state index >= 15 is 0 Å². The zero-order chi connectivity index (χ0) is 23.5. The Morgan fingerprint density at radius 3 is 2.33 bits per heavy atom. The monoisotopic (exact) mass is 497 g/mol. The summed E-state index contributed by atoms with van der Waals surface area (Å²) in [6.07, 6.45) is 0. The highest BCUT2D eigenvalue weighted by molar-refractivity contribution is 7.91. The molecule has 1 fully saturated rings. The number of benzene rings is 3. The van der Waals surface area contributed by atoms with Crippen LogP contribution in [0.1, 0.15) is 22.7 Å². The van der Waals surface area contributed by atoms with Gasteiger partial charge in [0.15, 0.2) is 10.7 Å². The molecule has 33 heavy (non-hydrogen) atoms. The van der Waals surface area contributed by atoms with Crippen LogP contribution in [0, 0.1) is 6.92 Å². The fraction of sp³-hybridized carbons (Fsp3) is 0.167. The zero-order valence-electron chi connectivity index (χ0n) is 17.8. The van der Waals surface area contributed by atoms with Crippen molar-refractivity contribution in [2.24, 2.45) is 0 Å². The largest absolute Gasteiger partial charge is 0.342 e. The predicted molar refractivity (Wildman–Crippen MR) is 132 cm³/mol. The average molecular weight is 498 g/mol. The summed E-state index contributed by atoms with van der Waals surface area (Å²) in [6, 6.07) is 19.7. The standard InChI is InChI=1S/C24H20ClN3O3S2/c1-15-11-13-16(14-12-15)33(30,31)28-21(17-7-3-5-9-19(17)25)24(26-23(28)32)18-8-4-6-10-20(18)27(2)22(24)29/h3-14,21H,1-2H3,(H,26,32)/t21-,24+/m1/s1. The Balaban J connectivity index is 1.80. The fourth-order valence-corrected chi connectivity index (χ4v) is 7.01. The van der Waals surface area contributed by atoms with Crippen molar-refractivity contribution in [1.29, 1.82) is 0 Å². The summed E-state index contributed by atoms with van der Waals surface area (Å²) in [5.41, 5.74) is 1.29. The van der Waals surface area contributed by atoms with E-state index in [0.717, 1.165) is 9.87 Å². The van der Waals surface area contributed by atoms with E-state index in [1.807, 2.05) is 31.2 Å². The van der Waals surface area contributed by atoms with E-state index < -0.39 is 21.6 Å². The number of rotatable bonds is 3. The van der Waals surface area contributed by atoms with Gasteiger partial charge in [-0.25, -0.2) is 12.7 Å². The molecule has 2 atom stereocenters. The van der Waals surface area contributed by atoms with Gasteiger partial charge in [0.2, 0.25) is 0 Å². The molecular weight excluding hydrogens is 478 g/mol. The van der Waals surface area contributed by atoms with E-state index in [9.17, 15) is 13.2 Å². The van der Waals surface area contributed by atoms with Gasteiger partial charge in [0.25, 0.3) is 15.9 Å². The number of likely N-dealkylation sites (N-methyl/N-ethyl adjacent to an activating group) is 1. The number of sulfonamides is 1. The summed E-state index contributed by atoms with van der Waals surface area (Å²) in [7, 11) is -2.46. The van der Waals surface area contributed by atoms with Crippen molar-refractivity contribution < 1.29 is 13.2 Å². The maximum atomic E-state index is 13.9. The van der Waals surface area contributed by atoms with Gasteiger partial charge in [-0.15, -0.1) is 0 Å². The van der Waals surface area contributed by atoms with Crippen LogP contribution in [-0.4, -0.2) is 30.8 Å². The number of amides is 1. The van der Waals surface area contributed by atoms with Crippen LogP contribution in [-0.2, 0) is 20.4 Å². The number of hydrogen-bond donors (Lipinski definition) is 1. The number of nitrogens with one attached hydrogen (secondary N) is 1. The molecule has 0 radical (unpaired) electrons. The molecule has 0 aromatic heterocycles. The first-order chi connectivity index (χ1) is 15.7. The van der Waals surface area contributed by atoms with Gasteiger partial charge in [0.05, 0.1) is 4.90 Å². The molecular formula is C24H20ClN3O3S2. The van der Waals surface area contributed by atoms with Crippen LogP contribution in [0.25, 0.3) is 0 Å². The third-order valence-electron chi connectivity index (χ3n) is 6.26. The first-order valence-electron chi connectivity index (χ1n) is 10.2. The predicted octanol–water partition coefficient (Wildman–Crippen LogP) is 4.14. The summed E-state index contributed by atoms with van der Waals surface area (Å²) < 4.78 is 29.0. The zero-order valence-corrected chi connectivity index (χ0v) is 20.2. The minimum absolute atomic E-state index is 0.0565. The molecule has 9 heteroatoms. The van der Waals surface area contributed by atoms with Crippen molar-refractivity contribution in [2.75, 3.05) is 11.9 Å². The van der Waals surface area contributed by atoms with E-state index in [1.165, 1.54) is 4.90 Å². The van der Waals surface area contributed by atoms with Crippen LogP contribution in [0.3, 0.4) is 0 Å². The molecule has 168 valence electrons. The van der Waals surface area contributed by atoms with E-state index in [-0.39, 0.29) is 15.9 Å².